The Labute approximate surface area is 68.9 Å². The molecular weight excluding hydrogens is 162 g/mol. The van der Waals surface area contributed by atoms with Gasteiger partial charge in [0.05, 0.1) is 19.3 Å². The number of hydrogen-bond acceptors (Lipinski definition) is 4. The first-order valence-electron chi connectivity index (χ1n) is 3.47. The fraction of sp³-hybridized carbons (Fsp3) is 0.429. The molecule has 5 heteroatoms. The molecule has 0 bridgehead atoms. The van der Waals surface area contributed by atoms with Gasteiger partial charge in [0.1, 0.15) is 0 Å². The van der Waals surface area contributed by atoms with Crippen LogP contribution in [-0.4, -0.2) is 46.2 Å². The van der Waals surface area contributed by atoms with E-state index in [4.69, 9.17) is 10.2 Å². The molecular formula is C7H9NO4. The lowest BCUT2D eigenvalue weighted by Crippen LogP contribution is -2.38. The summed E-state index contributed by atoms with van der Waals surface area (Å²) < 4.78 is 0. The zero-order valence-electron chi connectivity index (χ0n) is 6.30. The van der Waals surface area contributed by atoms with Crippen molar-refractivity contribution in [2.24, 2.45) is 0 Å². The van der Waals surface area contributed by atoms with Gasteiger partial charge in [0.2, 0.25) is 0 Å². The van der Waals surface area contributed by atoms with Gasteiger partial charge in [-0.1, -0.05) is 0 Å². The molecule has 2 amide bonds. The van der Waals surface area contributed by atoms with Gasteiger partial charge in [-0.3, -0.25) is 14.5 Å². The third kappa shape index (κ3) is 1.69. The average molecular weight is 171 g/mol. The Morgan fingerprint density at radius 3 is 2.25 bits per heavy atom. The predicted molar refractivity (Wildman–Crippen MR) is 39.0 cm³/mol. The number of carbonyl (C=O) groups excluding carboxylic acids is 2. The van der Waals surface area contributed by atoms with Crippen molar-refractivity contribution < 1.29 is 19.8 Å². The van der Waals surface area contributed by atoms with Gasteiger partial charge in [-0.2, -0.15) is 0 Å². The number of aliphatic hydroxyl groups is 2. The second-order valence-corrected chi connectivity index (χ2v) is 2.46. The largest absolute Gasteiger partial charge is 0.394 e. The molecule has 1 aliphatic rings. The van der Waals surface area contributed by atoms with Crippen molar-refractivity contribution in [1.82, 2.24) is 4.90 Å². The van der Waals surface area contributed by atoms with Gasteiger partial charge < -0.3 is 10.2 Å². The van der Waals surface area contributed by atoms with Crippen LogP contribution in [0.4, 0.5) is 0 Å². The van der Waals surface area contributed by atoms with Crippen LogP contribution < -0.4 is 0 Å². The maximum atomic E-state index is 10.9. The molecule has 0 fully saturated rings. The van der Waals surface area contributed by atoms with Crippen molar-refractivity contribution in [3.8, 4) is 0 Å². The normalized spacial score (nSPS) is 19.0. The number of hydrogen-bond donors (Lipinski definition) is 2. The highest BCUT2D eigenvalue weighted by atomic mass is 16.3. The maximum Gasteiger partial charge on any atom is 0.253 e. The molecule has 66 valence electrons. The second-order valence-electron chi connectivity index (χ2n) is 2.46. The van der Waals surface area contributed by atoms with Crippen LogP contribution in [0.15, 0.2) is 12.2 Å². The van der Waals surface area contributed by atoms with Gasteiger partial charge in [-0.05, 0) is 0 Å². The van der Waals surface area contributed by atoms with Crippen molar-refractivity contribution in [1.29, 1.82) is 0 Å². The van der Waals surface area contributed by atoms with E-state index in [0.29, 0.717) is 0 Å². The van der Waals surface area contributed by atoms with Gasteiger partial charge in [0.25, 0.3) is 11.8 Å². The number of aliphatic hydroxyl groups excluding tert-OH is 2. The highest BCUT2D eigenvalue weighted by Crippen LogP contribution is 2.03. The van der Waals surface area contributed by atoms with Gasteiger partial charge in [0, 0.05) is 12.2 Å². The molecule has 0 aromatic carbocycles. The minimum atomic E-state index is -1.06. The van der Waals surface area contributed by atoms with Crippen molar-refractivity contribution in [3.63, 3.8) is 0 Å². The molecule has 12 heavy (non-hydrogen) atoms. The smallest absolute Gasteiger partial charge is 0.253 e. The highest BCUT2D eigenvalue weighted by Gasteiger charge is 2.24. The second kappa shape index (κ2) is 3.46. The van der Waals surface area contributed by atoms with Crippen molar-refractivity contribution >= 4 is 11.8 Å². The van der Waals surface area contributed by atoms with E-state index in [-0.39, 0.29) is 6.54 Å². The topological polar surface area (TPSA) is 77.8 Å². The summed E-state index contributed by atoms with van der Waals surface area (Å²) in [5.74, 6) is -0.903. The van der Waals surface area contributed by atoms with Crippen LogP contribution in [0.2, 0.25) is 0 Å². The van der Waals surface area contributed by atoms with Gasteiger partial charge in [-0.25, -0.2) is 0 Å². The van der Waals surface area contributed by atoms with Crippen LogP contribution in [0.5, 0.6) is 0 Å². The van der Waals surface area contributed by atoms with Gasteiger partial charge in [-0.15, -0.1) is 0 Å². The molecule has 0 aromatic heterocycles. The van der Waals surface area contributed by atoms with E-state index in [9.17, 15) is 9.59 Å². The van der Waals surface area contributed by atoms with Crippen molar-refractivity contribution in [2.45, 2.75) is 6.10 Å². The van der Waals surface area contributed by atoms with Crippen molar-refractivity contribution in [2.75, 3.05) is 13.2 Å². The molecule has 1 rings (SSSR count). The minimum absolute atomic E-state index is 0.152. The summed E-state index contributed by atoms with van der Waals surface area (Å²) in [6, 6.07) is 0. The van der Waals surface area contributed by atoms with E-state index in [1.807, 2.05) is 0 Å². The third-order valence-corrected chi connectivity index (χ3v) is 1.50. The van der Waals surface area contributed by atoms with Gasteiger partial charge in [0.15, 0.2) is 0 Å². The Bertz CT molecular complexity index is 218. The highest BCUT2D eigenvalue weighted by molar-refractivity contribution is 6.12. The number of β-amino-alcohol motifs (C(OH)–C–C–N with tert-alkyl or cyclic N) is 1. The molecule has 0 spiro atoms. The van der Waals surface area contributed by atoms with Gasteiger partial charge >= 0.3 is 0 Å². The summed E-state index contributed by atoms with van der Waals surface area (Å²) in [5, 5.41) is 17.4. The van der Waals surface area contributed by atoms with E-state index in [2.05, 4.69) is 0 Å². The molecule has 0 radical (unpaired) electrons. The molecule has 0 saturated carbocycles. The SMILES string of the molecule is O=C1C=CC(=O)N1CC(O)CO. The molecule has 1 aliphatic heterocycles. The lowest BCUT2D eigenvalue weighted by molar-refractivity contribution is -0.138. The number of amides is 2. The first-order valence-corrected chi connectivity index (χ1v) is 3.47. The molecule has 0 saturated heterocycles. The zero-order valence-corrected chi connectivity index (χ0v) is 6.30. The van der Waals surface area contributed by atoms with Crippen LogP contribution in [0.3, 0.4) is 0 Å². The van der Waals surface area contributed by atoms with Crippen LogP contribution in [0.25, 0.3) is 0 Å². The summed E-state index contributed by atoms with van der Waals surface area (Å²) in [6.45, 7) is -0.613. The molecule has 1 heterocycles. The molecule has 2 N–H and O–H groups in total. The number of nitrogens with zero attached hydrogens (tertiary/aromatic N) is 1. The molecule has 0 aromatic rings. The molecule has 0 aliphatic carbocycles. The van der Waals surface area contributed by atoms with Crippen molar-refractivity contribution in [3.05, 3.63) is 12.2 Å². The lowest BCUT2D eigenvalue weighted by Gasteiger charge is -2.16. The minimum Gasteiger partial charge on any atom is -0.394 e. The predicted octanol–water partition coefficient (Wildman–Crippen LogP) is -1.74. The Hall–Kier alpha value is -1.20. The molecule has 1 unspecified atom stereocenters. The van der Waals surface area contributed by atoms with Crippen LogP contribution in [0.1, 0.15) is 0 Å². The van der Waals surface area contributed by atoms with E-state index in [1.165, 1.54) is 0 Å². The maximum absolute atomic E-state index is 10.9. The van der Waals surface area contributed by atoms with E-state index >= 15 is 0 Å². The van der Waals surface area contributed by atoms with E-state index in [1.54, 1.807) is 0 Å². The number of carbonyl (C=O) groups is 2. The third-order valence-electron chi connectivity index (χ3n) is 1.50. The van der Waals surface area contributed by atoms with E-state index < -0.39 is 24.5 Å². The Morgan fingerprint density at radius 1 is 1.33 bits per heavy atom. The summed E-state index contributed by atoms with van der Waals surface area (Å²) in [7, 11) is 0. The lowest BCUT2D eigenvalue weighted by atomic mass is 10.3. The molecule has 1 atom stereocenters. The number of rotatable bonds is 3. The quantitative estimate of drug-likeness (QED) is 0.494. The fourth-order valence-electron chi connectivity index (χ4n) is 0.880. The standard InChI is InChI=1S/C7H9NO4/c9-4-5(10)3-8-6(11)1-2-7(8)12/h1-2,5,9-10H,3-4H2. The van der Waals surface area contributed by atoms with E-state index in [0.717, 1.165) is 17.1 Å². The summed E-state index contributed by atoms with van der Waals surface area (Å²) in [4.78, 5) is 22.6. The monoisotopic (exact) mass is 171 g/mol. The first kappa shape index (κ1) is 8.89. The average Bonchev–Trinajstić information content (AvgIpc) is 2.35. The number of imide groups is 1. The van der Waals surface area contributed by atoms with Crippen LogP contribution in [-0.2, 0) is 9.59 Å². The van der Waals surface area contributed by atoms with Crippen LogP contribution >= 0.6 is 0 Å². The Balaban J connectivity index is 2.53. The molecule has 5 nitrogen and oxygen atoms in total. The summed E-state index contributed by atoms with van der Waals surface area (Å²) in [6.07, 6.45) is 1.21. The Morgan fingerprint density at radius 2 is 1.83 bits per heavy atom. The Kier molecular flexibility index (Phi) is 2.57. The fourth-order valence-corrected chi connectivity index (χ4v) is 0.880. The van der Waals surface area contributed by atoms with Crippen LogP contribution in [0, 0.1) is 0 Å². The summed E-state index contributed by atoms with van der Waals surface area (Å²) >= 11 is 0. The first-order chi connectivity index (χ1) is 5.65. The zero-order chi connectivity index (χ0) is 9.14. The summed E-state index contributed by atoms with van der Waals surface area (Å²) in [5.41, 5.74) is 0.